The van der Waals surface area contributed by atoms with E-state index in [1.807, 2.05) is 17.9 Å². The lowest BCUT2D eigenvalue weighted by molar-refractivity contribution is 0.746. The largest absolute Gasteiger partial charge is 0.369 e. The van der Waals surface area contributed by atoms with Gasteiger partial charge in [0.2, 0.25) is 0 Å². The fraction of sp³-hybridized carbons (Fsp3) is 0.533. The van der Waals surface area contributed by atoms with E-state index in [1.54, 1.807) is 0 Å². The molecule has 0 aliphatic rings. The minimum Gasteiger partial charge on any atom is -0.369 e. The fourth-order valence-corrected chi connectivity index (χ4v) is 3.29. The minimum atomic E-state index is 0.359. The van der Waals surface area contributed by atoms with Gasteiger partial charge in [-0.3, -0.25) is 4.68 Å². The summed E-state index contributed by atoms with van der Waals surface area (Å²) in [6.45, 7) is 9.35. The smallest absolute Gasteiger partial charge is 0.165 e. The van der Waals surface area contributed by atoms with E-state index in [9.17, 15) is 0 Å². The van der Waals surface area contributed by atoms with Crippen molar-refractivity contribution in [2.24, 2.45) is 7.05 Å². The molecule has 2 aromatic heterocycles. The molecule has 1 N–H and O–H groups in total. The maximum atomic E-state index is 4.79. The molecule has 21 heavy (non-hydrogen) atoms. The van der Waals surface area contributed by atoms with E-state index < -0.39 is 0 Å². The molecular formula is C15H22IN5. The number of rotatable bonds is 5. The van der Waals surface area contributed by atoms with Crippen molar-refractivity contribution in [1.29, 1.82) is 0 Å². The molecule has 0 radical (unpaired) electrons. The lowest BCUT2D eigenvalue weighted by Gasteiger charge is -2.14. The summed E-state index contributed by atoms with van der Waals surface area (Å²) >= 11 is 2.33. The molecule has 0 atom stereocenters. The summed E-state index contributed by atoms with van der Waals surface area (Å²) in [5.74, 6) is 2.04. The second-order valence-corrected chi connectivity index (χ2v) is 6.38. The maximum Gasteiger partial charge on any atom is 0.165 e. The first-order valence-electron chi connectivity index (χ1n) is 7.32. The molecule has 5 nitrogen and oxygen atoms in total. The van der Waals surface area contributed by atoms with Gasteiger partial charge in [-0.1, -0.05) is 20.8 Å². The average molecular weight is 399 g/mol. The van der Waals surface area contributed by atoms with Gasteiger partial charge in [-0.25, -0.2) is 9.97 Å². The van der Waals surface area contributed by atoms with Crippen LogP contribution >= 0.6 is 22.6 Å². The fourth-order valence-electron chi connectivity index (χ4n) is 2.23. The number of hydrogen-bond acceptors (Lipinski definition) is 4. The van der Waals surface area contributed by atoms with Gasteiger partial charge in [-0.05, 0) is 41.9 Å². The van der Waals surface area contributed by atoms with E-state index in [2.05, 4.69) is 60.7 Å². The van der Waals surface area contributed by atoms with Crippen LogP contribution in [-0.4, -0.2) is 26.3 Å². The number of halogens is 1. The highest BCUT2D eigenvalue weighted by atomic mass is 127. The zero-order chi connectivity index (χ0) is 15.6. The Hall–Kier alpha value is -1.18. The first-order chi connectivity index (χ1) is 9.97. The molecule has 0 aromatic carbocycles. The predicted molar refractivity (Wildman–Crippen MR) is 94.6 cm³/mol. The standard InChI is InChI=1S/C15H22IN5/c1-6-11-10(8-21(5)20-11)14-18-13(9(3)4)12(16)15(19-14)17-7-2/h8-9H,6-7H2,1-5H3,(H,17,18,19). The molecule has 2 rings (SSSR count). The molecule has 6 heteroatoms. The highest BCUT2D eigenvalue weighted by Gasteiger charge is 2.18. The predicted octanol–water partition coefficient (Wildman–Crippen LogP) is 3.60. The molecule has 0 fully saturated rings. The van der Waals surface area contributed by atoms with Gasteiger partial charge >= 0.3 is 0 Å². The average Bonchev–Trinajstić information content (AvgIpc) is 2.82. The Morgan fingerprint density at radius 2 is 2.00 bits per heavy atom. The zero-order valence-corrected chi connectivity index (χ0v) is 15.4. The second-order valence-electron chi connectivity index (χ2n) is 5.30. The Kier molecular flexibility index (Phi) is 5.18. The molecule has 0 unspecified atom stereocenters. The van der Waals surface area contributed by atoms with Crippen molar-refractivity contribution in [3.05, 3.63) is 21.2 Å². The SMILES string of the molecule is CCNc1nc(-c2cn(C)nc2CC)nc(C(C)C)c1I. The molecular weight excluding hydrogens is 377 g/mol. The van der Waals surface area contributed by atoms with Crippen molar-refractivity contribution < 1.29 is 0 Å². The van der Waals surface area contributed by atoms with Crippen LogP contribution < -0.4 is 5.32 Å². The van der Waals surface area contributed by atoms with E-state index >= 15 is 0 Å². The third-order valence-corrected chi connectivity index (χ3v) is 4.31. The van der Waals surface area contributed by atoms with Crippen LogP contribution in [-0.2, 0) is 13.5 Å². The van der Waals surface area contributed by atoms with Crippen molar-refractivity contribution in [1.82, 2.24) is 19.7 Å². The third-order valence-electron chi connectivity index (χ3n) is 3.25. The summed E-state index contributed by atoms with van der Waals surface area (Å²) in [6.07, 6.45) is 2.87. The maximum absolute atomic E-state index is 4.79. The van der Waals surface area contributed by atoms with Gasteiger partial charge in [-0.2, -0.15) is 5.10 Å². The molecule has 0 spiro atoms. The Bertz CT molecular complexity index is 633. The normalized spacial score (nSPS) is 11.2. The summed E-state index contributed by atoms with van der Waals surface area (Å²) in [5, 5.41) is 7.83. The zero-order valence-electron chi connectivity index (χ0n) is 13.2. The summed E-state index contributed by atoms with van der Waals surface area (Å²) in [4.78, 5) is 9.51. The van der Waals surface area contributed by atoms with Crippen LogP contribution in [0.5, 0.6) is 0 Å². The highest BCUT2D eigenvalue weighted by molar-refractivity contribution is 14.1. The van der Waals surface area contributed by atoms with Crippen LogP contribution in [0.1, 0.15) is 45.0 Å². The summed E-state index contributed by atoms with van der Waals surface area (Å²) in [6, 6.07) is 0. The summed E-state index contributed by atoms with van der Waals surface area (Å²) < 4.78 is 2.94. The van der Waals surface area contributed by atoms with Crippen LogP contribution in [0.25, 0.3) is 11.4 Å². The van der Waals surface area contributed by atoms with Crippen molar-refractivity contribution in [3.8, 4) is 11.4 Å². The number of hydrogen-bond donors (Lipinski definition) is 1. The molecule has 0 amide bonds. The Balaban J connectivity index is 2.62. The van der Waals surface area contributed by atoms with Crippen molar-refractivity contribution in [3.63, 3.8) is 0 Å². The molecule has 2 heterocycles. The van der Waals surface area contributed by atoms with Gasteiger partial charge in [0.15, 0.2) is 5.82 Å². The van der Waals surface area contributed by atoms with Crippen LogP contribution in [0.3, 0.4) is 0 Å². The lowest BCUT2D eigenvalue weighted by Crippen LogP contribution is -2.09. The van der Waals surface area contributed by atoms with Gasteiger partial charge in [0.05, 0.1) is 20.5 Å². The number of nitrogens with zero attached hydrogens (tertiary/aromatic N) is 4. The molecule has 0 bridgehead atoms. The summed E-state index contributed by atoms with van der Waals surface area (Å²) in [7, 11) is 1.93. The first kappa shape index (κ1) is 16.2. The molecule has 0 saturated carbocycles. The highest BCUT2D eigenvalue weighted by Crippen LogP contribution is 2.29. The Labute approximate surface area is 139 Å². The van der Waals surface area contributed by atoms with Gasteiger partial charge in [-0.15, -0.1) is 0 Å². The van der Waals surface area contributed by atoms with Crippen molar-refractivity contribution in [2.45, 2.75) is 40.0 Å². The monoisotopic (exact) mass is 399 g/mol. The van der Waals surface area contributed by atoms with Gasteiger partial charge in [0.1, 0.15) is 5.82 Å². The van der Waals surface area contributed by atoms with Gasteiger partial charge < -0.3 is 5.32 Å². The molecule has 0 aliphatic carbocycles. The number of anilines is 1. The van der Waals surface area contributed by atoms with Gasteiger partial charge in [0.25, 0.3) is 0 Å². The van der Waals surface area contributed by atoms with Crippen LogP contribution in [0, 0.1) is 3.57 Å². The van der Waals surface area contributed by atoms with E-state index in [0.29, 0.717) is 5.92 Å². The molecule has 2 aromatic rings. The van der Waals surface area contributed by atoms with Crippen LogP contribution in [0.4, 0.5) is 5.82 Å². The van der Waals surface area contributed by atoms with Crippen LogP contribution in [0.2, 0.25) is 0 Å². The Morgan fingerprint density at radius 1 is 1.29 bits per heavy atom. The second kappa shape index (κ2) is 6.72. The van der Waals surface area contributed by atoms with E-state index in [4.69, 9.17) is 9.97 Å². The Morgan fingerprint density at radius 3 is 2.57 bits per heavy atom. The van der Waals surface area contributed by atoms with Gasteiger partial charge in [0, 0.05) is 19.8 Å². The van der Waals surface area contributed by atoms with E-state index in [0.717, 1.165) is 45.1 Å². The lowest BCUT2D eigenvalue weighted by atomic mass is 10.1. The third kappa shape index (κ3) is 3.36. The summed E-state index contributed by atoms with van der Waals surface area (Å²) in [5.41, 5.74) is 3.15. The number of nitrogens with one attached hydrogen (secondary N) is 1. The molecule has 0 aliphatic heterocycles. The quantitative estimate of drug-likeness (QED) is 0.781. The van der Waals surface area contributed by atoms with E-state index in [-0.39, 0.29) is 0 Å². The van der Waals surface area contributed by atoms with Crippen molar-refractivity contribution >= 4 is 28.4 Å². The molecule has 0 saturated heterocycles. The minimum absolute atomic E-state index is 0.359. The van der Waals surface area contributed by atoms with Crippen LogP contribution in [0.15, 0.2) is 6.20 Å². The van der Waals surface area contributed by atoms with E-state index in [1.165, 1.54) is 0 Å². The molecule has 114 valence electrons. The number of aromatic nitrogens is 4. The number of aryl methyl sites for hydroxylation is 2. The van der Waals surface area contributed by atoms with Crippen molar-refractivity contribution in [2.75, 3.05) is 11.9 Å². The topological polar surface area (TPSA) is 55.6 Å². The first-order valence-corrected chi connectivity index (χ1v) is 8.39.